The zero-order chi connectivity index (χ0) is 56.2. The minimum absolute atomic E-state index is 0.653. The molecule has 6 aliphatic rings. The minimum Gasteiger partial charge on any atom is -0.394 e. The second kappa shape index (κ2) is 27.5. The molecule has 0 aromatic heterocycles. The summed E-state index contributed by atoms with van der Waals surface area (Å²) in [7, 11) is 0. The number of nitrogens with one attached hydrogen (secondary N) is 2. The summed E-state index contributed by atoms with van der Waals surface area (Å²) < 4.78 is 71.8. The third-order valence-corrected chi connectivity index (χ3v) is 13.8. The molecular formula is C43H74N2O31. The summed E-state index contributed by atoms with van der Waals surface area (Å²) in [6.07, 6.45) is -54.6. The summed E-state index contributed by atoms with van der Waals surface area (Å²) in [5.74, 6) is -1.73. The number of hydrogen-bond acceptors (Lipinski definition) is 31. The quantitative estimate of drug-likeness (QED) is 0.0538. The average Bonchev–Trinajstić information content (AvgIpc) is 3.38. The third kappa shape index (κ3) is 13.9. The van der Waals surface area contributed by atoms with E-state index in [0.717, 1.165) is 13.8 Å². The molecule has 2 amide bonds. The molecule has 442 valence electrons. The van der Waals surface area contributed by atoms with E-state index in [9.17, 15) is 96.4 Å². The Bertz CT molecular complexity index is 1820. The first-order valence-corrected chi connectivity index (χ1v) is 24.5. The predicted molar refractivity (Wildman–Crippen MR) is 236 cm³/mol. The fourth-order valence-corrected chi connectivity index (χ4v) is 9.55. The van der Waals surface area contributed by atoms with Crippen molar-refractivity contribution in [2.75, 3.05) is 39.6 Å². The Labute approximate surface area is 432 Å². The van der Waals surface area contributed by atoms with Crippen LogP contribution in [-0.2, 0) is 66.4 Å². The monoisotopic (exact) mass is 1110 g/mol. The molecule has 0 spiro atoms. The number of rotatable bonds is 20. The van der Waals surface area contributed by atoms with Crippen molar-refractivity contribution in [1.29, 1.82) is 0 Å². The van der Waals surface area contributed by atoms with Gasteiger partial charge in [0.15, 0.2) is 37.7 Å². The van der Waals surface area contributed by atoms with Crippen LogP contribution in [0.25, 0.3) is 0 Å². The van der Waals surface area contributed by atoms with Crippen LogP contribution in [0.3, 0.4) is 0 Å². The number of amides is 2. The number of carbonyl (C=O) groups is 2. The normalized spacial score (nSPS) is 48.7. The van der Waals surface area contributed by atoms with Crippen molar-refractivity contribution in [3.63, 3.8) is 0 Å². The van der Waals surface area contributed by atoms with Crippen molar-refractivity contribution < 1.29 is 153 Å². The second-order valence-corrected chi connectivity index (χ2v) is 19.3. The molecule has 33 heteroatoms. The largest absolute Gasteiger partial charge is 0.394 e. The molecule has 31 atom stereocenters. The van der Waals surface area contributed by atoms with Crippen LogP contribution >= 0.6 is 0 Å². The molecule has 6 aliphatic heterocycles. The Kier molecular flexibility index (Phi) is 22.8. The van der Waals surface area contributed by atoms with E-state index in [0.29, 0.717) is 0 Å². The zero-order valence-corrected chi connectivity index (χ0v) is 41.5. The molecule has 0 aromatic rings. The first-order chi connectivity index (χ1) is 35.9. The molecule has 6 fully saturated rings. The van der Waals surface area contributed by atoms with Gasteiger partial charge >= 0.3 is 0 Å². The van der Waals surface area contributed by atoms with E-state index >= 15 is 0 Å². The second-order valence-electron chi connectivity index (χ2n) is 19.3. The van der Waals surface area contributed by atoms with E-state index in [1.54, 1.807) is 0 Å². The molecule has 0 bridgehead atoms. The lowest BCUT2D eigenvalue weighted by atomic mass is 9.93. The van der Waals surface area contributed by atoms with Gasteiger partial charge in [-0.3, -0.25) is 9.59 Å². The van der Waals surface area contributed by atoms with E-state index in [-0.39, 0.29) is 0 Å². The third-order valence-electron chi connectivity index (χ3n) is 13.8. The predicted octanol–water partition coefficient (Wildman–Crippen LogP) is -12.4. The topological polar surface area (TPSA) is 513 Å². The summed E-state index contributed by atoms with van der Waals surface area (Å²) in [4.78, 5) is 25.7. The van der Waals surface area contributed by atoms with E-state index in [2.05, 4.69) is 10.6 Å². The lowest BCUT2D eigenvalue weighted by Crippen LogP contribution is -2.72. The number of aliphatic hydroxyl groups is 17. The number of ether oxygens (including phenoxy) is 12. The van der Waals surface area contributed by atoms with Gasteiger partial charge < -0.3 is 154 Å². The molecule has 33 nitrogen and oxygen atoms in total. The van der Waals surface area contributed by atoms with Crippen LogP contribution in [0.15, 0.2) is 0 Å². The SMILES string of the molecule is CC(=O)N[C@H]1[C@@H](O[C@H]2[C@@H](O)[C@@H](CO)O[C@@H](O[C@@H]3[C@@H](NC(C)=O)[C@H](O[C@H]4[C@@H](O)[C@@H](CO)O[C@@H](OCC(O)CO)[C@@H]4O)O[C@H](CO)[C@H]3O[C@@H]3O[C@@H](C)[C@@H](O)[C@@H](O)[C@@H]3O)[C@@H]2O[C@@H]2O[C@@H](C)[C@@H](O)[C@@H](O)[C@@H]2O)O[C@H](CO)[C@H](O)[C@@H]1O. The van der Waals surface area contributed by atoms with Crippen molar-refractivity contribution in [3.05, 3.63) is 0 Å². The van der Waals surface area contributed by atoms with Gasteiger partial charge in [0.2, 0.25) is 11.8 Å². The van der Waals surface area contributed by atoms with E-state index < -0.39 is 242 Å². The summed E-state index contributed by atoms with van der Waals surface area (Å²) in [6.45, 7) is -0.950. The molecule has 19 N–H and O–H groups in total. The number of hydrogen-bond donors (Lipinski definition) is 19. The fourth-order valence-electron chi connectivity index (χ4n) is 9.55. The summed E-state index contributed by atoms with van der Waals surface area (Å²) >= 11 is 0. The Hall–Kier alpha value is -2.22. The van der Waals surface area contributed by atoms with Crippen molar-refractivity contribution in [3.8, 4) is 0 Å². The first kappa shape index (κ1) is 63.0. The van der Waals surface area contributed by atoms with Crippen molar-refractivity contribution >= 4 is 11.8 Å². The van der Waals surface area contributed by atoms with E-state index in [1.165, 1.54) is 13.8 Å². The van der Waals surface area contributed by atoms with Crippen molar-refractivity contribution in [2.24, 2.45) is 0 Å². The smallest absolute Gasteiger partial charge is 0.217 e. The van der Waals surface area contributed by atoms with Crippen LogP contribution in [0, 0.1) is 0 Å². The van der Waals surface area contributed by atoms with Crippen molar-refractivity contribution in [1.82, 2.24) is 10.6 Å². The molecule has 6 saturated heterocycles. The van der Waals surface area contributed by atoms with Crippen LogP contribution in [0.2, 0.25) is 0 Å². The van der Waals surface area contributed by atoms with Gasteiger partial charge in [-0.15, -0.1) is 0 Å². The lowest BCUT2D eigenvalue weighted by molar-refractivity contribution is -0.407. The Morgan fingerprint density at radius 2 is 0.816 bits per heavy atom. The molecule has 0 radical (unpaired) electrons. The molecular weight excluding hydrogens is 1040 g/mol. The molecule has 0 saturated carbocycles. The van der Waals surface area contributed by atoms with Gasteiger partial charge in [0.1, 0.15) is 140 Å². The van der Waals surface area contributed by atoms with Gasteiger partial charge in [0.05, 0.1) is 51.8 Å². The summed E-state index contributed by atoms with van der Waals surface area (Å²) in [5.41, 5.74) is 0. The molecule has 1 unspecified atom stereocenters. The maximum absolute atomic E-state index is 13.3. The molecule has 0 aliphatic carbocycles. The lowest BCUT2D eigenvalue weighted by Gasteiger charge is -2.53. The summed E-state index contributed by atoms with van der Waals surface area (Å²) in [6, 6.07) is -3.62. The van der Waals surface area contributed by atoms with E-state index in [4.69, 9.17) is 56.8 Å². The highest BCUT2D eigenvalue weighted by Crippen LogP contribution is 2.39. The number of carbonyl (C=O) groups excluding carboxylic acids is 2. The van der Waals surface area contributed by atoms with Crippen LogP contribution in [0.1, 0.15) is 27.7 Å². The molecule has 76 heavy (non-hydrogen) atoms. The fraction of sp³-hybridized carbons (Fsp3) is 0.953. The van der Waals surface area contributed by atoms with Crippen molar-refractivity contribution in [2.45, 2.75) is 218 Å². The van der Waals surface area contributed by atoms with Gasteiger partial charge in [-0.1, -0.05) is 0 Å². The number of aliphatic hydroxyl groups excluding tert-OH is 17. The highest BCUT2D eigenvalue weighted by atomic mass is 16.8. The zero-order valence-electron chi connectivity index (χ0n) is 41.5. The maximum atomic E-state index is 13.3. The van der Waals surface area contributed by atoms with Crippen LogP contribution < -0.4 is 10.6 Å². The Balaban J connectivity index is 1.48. The van der Waals surface area contributed by atoms with Crippen LogP contribution in [0.4, 0.5) is 0 Å². The summed E-state index contributed by atoms with van der Waals surface area (Å²) in [5, 5.41) is 188. The minimum atomic E-state index is -2.24. The average molecular weight is 1120 g/mol. The molecule has 0 aromatic carbocycles. The highest BCUT2D eigenvalue weighted by Gasteiger charge is 2.60. The van der Waals surface area contributed by atoms with Gasteiger partial charge in [0.25, 0.3) is 0 Å². The van der Waals surface area contributed by atoms with Gasteiger partial charge in [-0.25, -0.2) is 0 Å². The van der Waals surface area contributed by atoms with Gasteiger partial charge in [0, 0.05) is 13.8 Å². The first-order valence-electron chi connectivity index (χ1n) is 24.5. The van der Waals surface area contributed by atoms with E-state index in [1.807, 2.05) is 0 Å². The molecule has 6 rings (SSSR count). The highest BCUT2D eigenvalue weighted by molar-refractivity contribution is 5.73. The van der Waals surface area contributed by atoms with Crippen LogP contribution in [0.5, 0.6) is 0 Å². The van der Waals surface area contributed by atoms with Gasteiger partial charge in [-0.2, -0.15) is 0 Å². The van der Waals surface area contributed by atoms with Gasteiger partial charge in [-0.05, 0) is 13.8 Å². The Morgan fingerprint density at radius 1 is 0.408 bits per heavy atom. The Morgan fingerprint density at radius 3 is 1.33 bits per heavy atom. The standard InChI is InChI=1S/C43H74N2O31/c1-11-22(54)28(60)30(62)41(66-11)72-33-19(9-50)71-39(74-35-25(57)17(7-48)69-40(32(35)64)65-10-15(53)5-46)21(45-14(4)52)34(33)73-43-37(76-42-31(63)29(61)23(55)12(2)67-42)36(26(58)18(8-49)70-43)75-38-20(44-13(3)51)27(59)24(56)16(6-47)68-38/h11-12,15-43,46-50,53-64H,5-10H2,1-4H3,(H,44,51)(H,45,52)/t11-,12-,15?,16+,17+,18+,19+,20+,21+,22+,23+,24-,25-,26-,27+,28+,29+,30-,31-,32+,33+,34+,35-,36-,37+,38+,39-,40+,41-,42-,43-/m0/s1. The van der Waals surface area contributed by atoms with Crippen LogP contribution in [-0.4, -0.2) is 328 Å². The maximum Gasteiger partial charge on any atom is 0.217 e. The molecule has 6 heterocycles.